The van der Waals surface area contributed by atoms with Crippen LogP contribution in [-0.2, 0) is 11.3 Å². The second kappa shape index (κ2) is 6.37. The molecule has 0 unspecified atom stereocenters. The Labute approximate surface area is 156 Å². The highest BCUT2D eigenvalue weighted by molar-refractivity contribution is 6.10. The van der Waals surface area contributed by atoms with Gasteiger partial charge >= 0.3 is 0 Å². The molecule has 1 aromatic carbocycles. The van der Waals surface area contributed by atoms with Crippen molar-refractivity contribution in [1.82, 2.24) is 25.5 Å². The topological polar surface area (TPSA) is 105 Å². The summed E-state index contributed by atoms with van der Waals surface area (Å²) in [6, 6.07) is 8.58. The van der Waals surface area contributed by atoms with Crippen molar-refractivity contribution < 1.29 is 4.74 Å². The van der Waals surface area contributed by atoms with Crippen molar-refractivity contribution in [3.8, 4) is 11.3 Å². The summed E-state index contributed by atoms with van der Waals surface area (Å²) in [6.07, 6.45) is 2.80. The number of rotatable bonds is 4. The summed E-state index contributed by atoms with van der Waals surface area (Å²) in [7, 11) is 0. The van der Waals surface area contributed by atoms with Gasteiger partial charge in [-0.15, -0.1) is 0 Å². The number of nitrogen functional groups attached to an aromatic ring is 1. The number of nitrogens with one attached hydrogen (secondary N) is 3. The molecule has 1 fully saturated rings. The Morgan fingerprint density at radius 2 is 2.26 bits per heavy atom. The summed E-state index contributed by atoms with van der Waals surface area (Å²) in [6.45, 7) is 4.48. The molecule has 4 heterocycles. The van der Waals surface area contributed by atoms with Gasteiger partial charge in [0, 0.05) is 47.4 Å². The number of pyridine rings is 1. The second-order valence-electron chi connectivity index (χ2n) is 7.12. The number of nitrogens with two attached hydrogens (primary N) is 1. The van der Waals surface area contributed by atoms with Crippen LogP contribution < -0.4 is 11.1 Å². The molecular formula is C20H22N6O. The molecule has 3 aromatic heterocycles. The van der Waals surface area contributed by atoms with Crippen LogP contribution in [0.5, 0.6) is 0 Å². The molecule has 0 saturated carbocycles. The van der Waals surface area contributed by atoms with Gasteiger partial charge in [-0.25, -0.2) is 4.98 Å². The van der Waals surface area contributed by atoms with E-state index < -0.39 is 0 Å². The van der Waals surface area contributed by atoms with Crippen LogP contribution in [0.1, 0.15) is 17.7 Å². The fraction of sp³-hybridized carbons (Fsp3) is 0.300. The quantitative estimate of drug-likeness (QED) is 0.447. The molecule has 0 aliphatic carbocycles. The lowest BCUT2D eigenvalue weighted by Gasteiger charge is -2.09. The highest BCUT2D eigenvalue weighted by atomic mass is 16.5. The SMILES string of the molecule is Cc1c(CN[C@H]2CCOC2)[nH]c2c1c(N)nc1cc(-c3ccn[nH]3)ccc12. The fourth-order valence-electron chi connectivity index (χ4n) is 3.89. The van der Waals surface area contributed by atoms with E-state index in [4.69, 9.17) is 10.5 Å². The fourth-order valence-corrected chi connectivity index (χ4v) is 3.89. The standard InChI is InChI=1S/C20H22N6O/c1-11-17(9-22-13-5-7-27-10-13)24-19-14-3-2-12(15-4-6-23-26-15)8-16(14)25-20(21)18(11)19/h2-4,6,8,13,22,24H,5,7,9-10H2,1H3,(H2,21,25)(H,23,26)/t13-/m0/s1. The zero-order valence-electron chi connectivity index (χ0n) is 15.2. The Balaban J connectivity index is 1.58. The largest absolute Gasteiger partial charge is 0.383 e. The monoisotopic (exact) mass is 362 g/mol. The molecule has 138 valence electrons. The van der Waals surface area contributed by atoms with E-state index in [0.29, 0.717) is 11.9 Å². The highest BCUT2D eigenvalue weighted by Gasteiger charge is 2.18. The lowest BCUT2D eigenvalue weighted by atomic mass is 10.1. The first-order valence-electron chi connectivity index (χ1n) is 9.22. The molecular weight excluding hydrogens is 340 g/mol. The van der Waals surface area contributed by atoms with Crippen molar-refractivity contribution in [1.29, 1.82) is 0 Å². The molecule has 0 radical (unpaired) electrons. The van der Waals surface area contributed by atoms with Crippen molar-refractivity contribution in [2.24, 2.45) is 0 Å². The average Bonchev–Trinajstić information content (AvgIpc) is 3.42. The minimum Gasteiger partial charge on any atom is -0.383 e. The minimum atomic E-state index is 0.417. The Kier molecular flexibility index (Phi) is 3.84. The third-order valence-electron chi connectivity index (χ3n) is 5.43. The van der Waals surface area contributed by atoms with Crippen LogP contribution in [0.25, 0.3) is 33.1 Å². The third kappa shape index (κ3) is 2.75. The van der Waals surface area contributed by atoms with E-state index in [1.807, 2.05) is 12.1 Å². The van der Waals surface area contributed by atoms with Crippen LogP contribution in [0, 0.1) is 6.92 Å². The molecule has 5 N–H and O–H groups in total. The van der Waals surface area contributed by atoms with Gasteiger partial charge in [-0.3, -0.25) is 5.10 Å². The first-order valence-corrected chi connectivity index (χ1v) is 9.22. The normalized spacial score (nSPS) is 17.3. The molecule has 0 amide bonds. The molecule has 1 aliphatic heterocycles. The molecule has 0 bridgehead atoms. The number of aryl methyl sites for hydroxylation is 1. The number of fused-ring (bicyclic) bond motifs is 3. The number of aromatic nitrogens is 4. The summed E-state index contributed by atoms with van der Waals surface area (Å²) in [5, 5.41) is 12.7. The van der Waals surface area contributed by atoms with Gasteiger partial charge in [0.1, 0.15) is 5.82 Å². The number of nitrogens with zero attached hydrogens (tertiary/aromatic N) is 2. The van der Waals surface area contributed by atoms with Gasteiger partial charge in [0.25, 0.3) is 0 Å². The van der Waals surface area contributed by atoms with E-state index in [9.17, 15) is 0 Å². The maximum absolute atomic E-state index is 6.33. The molecule has 1 saturated heterocycles. The van der Waals surface area contributed by atoms with Crippen molar-refractivity contribution in [2.45, 2.75) is 25.9 Å². The van der Waals surface area contributed by atoms with Gasteiger partial charge in [0.05, 0.1) is 23.3 Å². The van der Waals surface area contributed by atoms with E-state index in [0.717, 1.165) is 70.5 Å². The predicted molar refractivity (Wildman–Crippen MR) is 106 cm³/mol. The Morgan fingerprint density at radius 3 is 3.04 bits per heavy atom. The molecule has 1 aliphatic rings. The molecule has 4 aromatic rings. The van der Waals surface area contributed by atoms with E-state index in [-0.39, 0.29) is 0 Å². The van der Waals surface area contributed by atoms with Gasteiger partial charge < -0.3 is 20.8 Å². The maximum Gasteiger partial charge on any atom is 0.133 e. The molecule has 7 nitrogen and oxygen atoms in total. The van der Waals surface area contributed by atoms with Crippen molar-refractivity contribution in [2.75, 3.05) is 18.9 Å². The van der Waals surface area contributed by atoms with Gasteiger partial charge in [-0.1, -0.05) is 12.1 Å². The number of ether oxygens (including phenoxy) is 1. The van der Waals surface area contributed by atoms with Crippen LogP contribution in [0.4, 0.5) is 5.82 Å². The summed E-state index contributed by atoms with van der Waals surface area (Å²) in [5.74, 6) is 0.559. The maximum atomic E-state index is 6.33. The van der Waals surface area contributed by atoms with Gasteiger partial charge in [0.15, 0.2) is 0 Å². The Morgan fingerprint density at radius 1 is 1.33 bits per heavy atom. The molecule has 7 heteroatoms. The molecule has 5 rings (SSSR count). The number of aromatic amines is 2. The summed E-state index contributed by atoms with van der Waals surface area (Å²) in [4.78, 5) is 8.25. The Bertz CT molecular complexity index is 1110. The third-order valence-corrected chi connectivity index (χ3v) is 5.43. The zero-order valence-corrected chi connectivity index (χ0v) is 15.2. The van der Waals surface area contributed by atoms with Gasteiger partial charge in [-0.2, -0.15) is 5.10 Å². The van der Waals surface area contributed by atoms with Crippen LogP contribution in [0.3, 0.4) is 0 Å². The van der Waals surface area contributed by atoms with E-state index in [1.165, 1.54) is 0 Å². The second-order valence-corrected chi connectivity index (χ2v) is 7.12. The zero-order chi connectivity index (χ0) is 18.4. The lowest BCUT2D eigenvalue weighted by molar-refractivity contribution is 0.189. The van der Waals surface area contributed by atoms with Crippen LogP contribution in [0.2, 0.25) is 0 Å². The van der Waals surface area contributed by atoms with Crippen LogP contribution in [-0.4, -0.2) is 39.4 Å². The van der Waals surface area contributed by atoms with Crippen molar-refractivity contribution in [3.63, 3.8) is 0 Å². The number of benzene rings is 1. The van der Waals surface area contributed by atoms with Crippen LogP contribution in [0.15, 0.2) is 30.5 Å². The minimum absolute atomic E-state index is 0.417. The summed E-state index contributed by atoms with van der Waals surface area (Å²) in [5.41, 5.74) is 12.6. The molecule has 0 spiro atoms. The molecule has 27 heavy (non-hydrogen) atoms. The number of anilines is 1. The number of hydrogen-bond acceptors (Lipinski definition) is 5. The van der Waals surface area contributed by atoms with Crippen molar-refractivity contribution in [3.05, 3.63) is 41.7 Å². The van der Waals surface area contributed by atoms with E-state index in [2.05, 4.69) is 44.5 Å². The average molecular weight is 362 g/mol. The van der Waals surface area contributed by atoms with Crippen LogP contribution >= 0.6 is 0 Å². The summed E-state index contributed by atoms with van der Waals surface area (Å²) >= 11 is 0. The first kappa shape index (κ1) is 16.3. The highest BCUT2D eigenvalue weighted by Crippen LogP contribution is 2.33. The Hall–Kier alpha value is -2.90. The molecule has 1 atom stereocenters. The van der Waals surface area contributed by atoms with E-state index >= 15 is 0 Å². The van der Waals surface area contributed by atoms with E-state index in [1.54, 1.807) is 6.20 Å². The lowest BCUT2D eigenvalue weighted by Crippen LogP contribution is -2.28. The van der Waals surface area contributed by atoms with Crippen molar-refractivity contribution >= 4 is 27.6 Å². The van der Waals surface area contributed by atoms with Gasteiger partial charge in [-0.05, 0) is 31.0 Å². The number of H-pyrrole nitrogens is 2. The smallest absolute Gasteiger partial charge is 0.133 e. The number of hydrogen-bond donors (Lipinski definition) is 4. The predicted octanol–water partition coefficient (Wildman–Crippen LogP) is 2.88. The first-order chi connectivity index (χ1) is 13.2. The van der Waals surface area contributed by atoms with Gasteiger partial charge in [0.2, 0.25) is 0 Å². The summed E-state index contributed by atoms with van der Waals surface area (Å²) < 4.78 is 5.44.